The number of anilines is 2. The first-order chi connectivity index (χ1) is 11.7. The molecule has 4 rings (SSSR count). The normalized spacial score (nSPS) is 21.9. The van der Waals surface area contributed by atoms with E-state index in [1.54, 1.807) is 18.3 Å². The van der Waals surface area contributed by atoms with Crippen LogP contribution in [0, 0.1) is 5.82 Å². The molecule has 7 heteroatoms. The number of rotatable bonds is 3. The molecule has 2 aliphatic rings. The number of nitrogens with zero attached hydrogens (tertiary/aromatic N) is 3. The van der Waals surface area contributed by atoms with Crippen molar-refractivity contribution in [3.8, 4) is 16.9 Å². The van der Waals surface area contributed by atoms with Gasteiger partial charge in [-0.15, -0.1) is 5.10 Å². The summed E-state index contributed by atoms with van der Waals surface area (Å²) in [5.74, 6) is 0.315. The molecule has 1 unspecified atom stereocenters. The number of nitrogens with one attached hydrogen (secondary N) is 1. The van der Waals surface area contributed by atoms with Crippen LogP contribution in [0.4, 0.5) is 20.3 Å². The first-order valence-corrected chi connectivity index (χ1v) is 7.96. The Bertz CT molecular complexity index is 785. The van der Waals surface area contributed by atoms with E-state index in [0.717, 1.165) is 25.1 Å². The number of methoxy groups -OCH3 is 1. The molecule has 24 heavy (non-hydrogen) atoms. The summed E-state index contributed by atoms with van der Waals surface area (Å²) < 4.78 is 33.2. The van der Waals surface area contributed by atoms with E-state index in [2.05, 4.69) is 20.4 Å². The van der Waals surface area contributed by atoms with Crippen LogP contribution in [0.25, 0.3) is 11.1 Å². The molecule has 1 N–H and O–H groups in total. The number of aromatic nitrogens is 2. The van der Waals surface area contributed by atoms with E-state index >= 15 is 0 Å². The van der Waals surface area contributed by atoms with Crippen LogP contribution < -0.4 is 15.0 Å². The van der Waals surface area contributed by atoms with Gasteiger partial charge >= 0.3 is 0 Å². The van der Waals surface area contributed by atoms with E-state index in [1.165, 1.54) is 13.2 Å². The summed E-state index contributed by atoms with van der Waals surface area (Å²) >= 11 is 0. The van der Waals surface area contributed by atoms with Gasteiger partial charge in [-0.25, -0.2) is 8.78 Å². The van der Waals surface area contributed by atoms with Gasteiger partial charge in [-0.1, -0.05) is 12.1 Å². The van der Waals surface area contributed by atoms with E-state index in [1.807, 2.05) is 0 Å². The molecule has 0 spiro atoms. The highest BCUT2D eigenvalue weighted by Crippen LogP contribution is 2.47. The molecule has 2 aliphatic heterocycles. The summed E-state index contributed by atoms with van der Waals surface area (Å²) in [4.78, 5) is 2.06. The maximum atomic E-state index is 14.1. The lowest BCUT2D eigenvalue weighted by atomic mass is 9.93. The summed E-state index contributed by atoms with van der Waals surface area (Å²) in [6, 6.07) is 4.76. The first kappa shape index (κ1) is 15.1. The smallest absolute Gasteiger partial charge is 0.173 e. The third-order valence-corrected chi connectivity index (χ3v) is 4.99. The lowest BCUT2D eigenvalue weighted by molar-refractivity contribution is 0.315. The van der Waals surface area contributed by atoms with Crippen LogP contribution in [-0.4, -0.2) is 42.6 Å². The number of fused-ring (bicyclic) bond motifs is 3. The molecule has 1 aromatic carbocycles. The highest BCUT2D eigenvalue weighted by Gasteiger charge is 2.46. The van der Waals surface area contributed by atoms with Gasteiger partial charge in [0.15, 0.2) is 17.4 Å². The monoisotopic (exact) mass is 332 g/mol. The summed E-state index contributed by atoms with van der Waals surface area (Å²) in [6.45, 7) is 0.797. The van der Waals surface area contributed by atoms with Crippen LogP contribution in [0.5, 0.6) is 5.75 Å². The fraction of sp³-hybridized carbons (Fsp3) is 0.412. The molecule has 1 fully saturated rings. The van der Waals surface area contributed by atoms with Crippen LogP contribution in [0.15, 0.2) is 24.4 Å². The molecule has 1 aromatic heterocycles. The molecule has 0 saturated carbocycles. The van der Waals surface area contributed by atoms with Crippen molar-refractivity contribution in [1.82, 2.24) is 10.2 Å². The zero-order chi connectivity index (χ0) is 16.7. The first-order valence-electron chi connectivity index (χ1n) is 7.96. The minimum atomic E-state index is -0.564. The minimum Gasteiger partial charge on any atom is -0.493 e. The maximum absolute atomic E-state index is 14.1. The Kier molecular flexibility index (Phi) is 3.51. The fourth-order valence-electron chi connectivity index (χ4n) is 3.80. The molecule has 0 amide bonds. The van der Waals surface area contributed by atoms with E-state index < -0.39 is 18.0 Å². The molecule has 126 valence electrons. The van der Waals surface area contributed by atoms with Gasteiger partial charge in [0.25, 0.3) is 0 Å². The third kappa shape index (κ3) is 2.03. The van der Waals surface area contributed by atoms with Crippen molar-refractivity contribution >= 4 is 11.5 Å². The lowest BCUT2D eigenvalue weighted by Crippen LogP contribution is -2.54. The molecular formula is C17H18F2N4O. The van der Waals surface area contributed by atoms with Gasteiger partial charge < -0.3 is 15.0 Å². The third-order valence-electron chi connectivity index (χ3n) is 4.99. The second-order valence-corrected chi connectivity index (χ2v) is 6.24. The van der Waals surface area contributed by atoms with Crippen molar-refractivity contribution in [3.05, 3.63) is 30.2 Å². The van der Waals surface area contributed by atoms with Gasteiger partial charge in [0.2, 0.25) is 0 Å². The van der Waals surface area contributed by atoms with Crippen molar-refractivity contribution in [2.75, 3.05) is 37.1 Å². The van der Waals surface area contributed by atoms with Crippen molar-refractivity contribution in [3.63, 3.8) is 0 Å². The molecule has 3 heterocycles. The molecule has 0 bridgehead atoms. The number of alkyl halides is 1. The van der Waals surface area contributed by atoms with Gasteiger partial charge in [-0.2, -0.15) is 5.10 Å². The molecule has 0 aliphatic carbocycles. The maximum Gasteiger partial charge on any atom is 0.173 e. The Morgan fingerprint density at radius 3 is 3.04 bits per heavy atom. The number of hydrogen-bond acceptors (Lipinski definition) is 5. The Morgan fingerprint density at radius 1 is 1.38 bits per heavy atom. The van der Waals surface area contributed by atoms with E-state index in [0.29, 0.717) is 23.5 Å². The SMILES string of the molecule is COc1c(F)cccc1-c1cnnc2c1N1CCCC1(CF)CN2. The van der Waals surface area contributed by atoms with Crippen molar-refractivity contribution < 1.29 is 13.5 Å². The molecule has 0 radical (unpaired) electrons. The number of ether oxygens (including phenoxy) is 1. The molecule has 1 atom stereocenters. The Morgan fingerprint density at radius 2 is 2.25 bits per heavy atom. The number of benzene rings is 1. The summed E-state index contributed by atoms with van der Waals surface area (Å²) in [5.41, 5.74) is 1.50. The Balaban J connectivity index is 1.93. The fourth-order valence-corrected chi connectivity index (χ4v) is 3.80. The summed E-state index contributed by atoms with van der Waals surface area (Å²) in [7, 11) is 1.43. The van der Waals surface area contributed by atoms with Crippen molar-refractivity contribution in [1.29, 1.82) is 0 Å². The quantitative estimate of drug-likeness (QED) is 0.936. The van der Waals surface area contributed by atoms with Gasteiger partial charge in [-0.3, -0.25) is 0 Å². The molecule has 5 nitrogen and oxygen atoms in total. The number of para-hydroxylation sites is 1. The number of halogens is 2. The second-order valence-electron chi connectivity index (χ2n) is 6.24. The predicted molar refractivity (Wildman–Crippen MR) is 87.8 cm³/mol. The summed E-state index contributed by atoms with van der Waals surface area (Å²) in [5, 5.41) is 11.4. The van der Waals surface area contributed by atoms with E-state index in [9.17, 15) is 8.78 Å². The topological polar surface area (TPSA) is 50.3 Å². The van der Waals surface area contributed by atoms with Gasteiger partial charge in [0.1, 0.15) is 6.67 Å². The van der Waals surface area contributed by atoms with Crippen LogP contribution >= 0.6 is 0 Å². The average Bonchev–Trinajstić information content (AvgIpc) is 3.05. The predicted octanol–water partition coefficient (Wildman–Crippen LogP) is 3.03. The van der Waals surface area contributed by atoms with Gasteiger partial charge in [0, 0.05) is 24.2 Å². The Hall–Kier alpha value is -2.44. The van der Waals surface area contributed by atoms with Crippen LogP contribution in [0.1, 0.15) is 12.8 Å². The molecule has 2 aromatic rings. The second kappa shape index (κ2) is 5.58. The standard InChI is InChI=1S/C17H18F2N4O/c1-24-15-11(4-2-5-13(15)19)12-8-21-22-16-14(12)23-7-3-6-17(23,9-18)10-20-16/h2,4-5,8H,3,6-7,9-10H2,1H3,(H,20,22). The van der Waals surface area contributed by atoms with E-state index in [-0.39, 0.29) is 5.75 Å². The zero-order valence-corrected chi connectivity index (χ0v) is 13.4. The Labute approximate surface area is 138 Å². The minimum absolute atomic E-state index is 0.156. The molecule has 1 saturated heterocycles. The van der Waals surface area contributed by atoms with Crippen molar-refractivity contribution in [2.24, 2.45) is 0 Å². The van der Waals surface area contributed by atoms with Crippen LogP contribution in [0.3, 0.4) is 0 Å². The molecular weight excluding hydrogens is 314 g/mol. The lowest BCUT2D eigenvalue weighted by Gasteiger charge is -2.43. The van der Waals surface area contributed by atoms with Crippen LogP contribution in [0.2, 0.25) is 0 Å². The largest absolute Gasteiger partial charge is 0.493 e. The highest BCUT2D eigenvalue weighted by atomic mass is 19.1. The summed E-state index contributed by atoms with van der Waals surface area (Å²) in [6.07, 6.45) is 3.27. The number of hydrogen-bond donors (Lipinski definition) is 1. The highest BCUT2D eigenvalue weighted by molar-refractivity contribution is 5.89. The average molecular weight is 332 g/mol. The van der Waals surface area contributed by atoms with Crippen molar-refractivity contribution in [2.45, 2.75) is 18.4 Å². The zero-order valence-electron chi connectivity index (χ0n) is 13.4. The van der Waals surface area contributed by atoms with Gasteiger partial charge in [-0.05, 0) is 18.9 Å². The van der Waals surface area contributed by atoms with E-state index in [4.69, 9.17) is 4.74 Å². The van der Waals surface area contributed by atoms with Crippen LogP contribution in [-0.2, 0) is 0 Å². The van der Waals surface area contributed by atoms with Gasteiger partial charge in [0.05, 0.1) is 24.5 Å².